The van der Waals surface area contributed by atoms with Crippen molar-refractivity contribution in [2.45, 2.75) is 65.0 Å². The topological polar surface area (TPSA) is 55.1 Å². The Bertz CT molecular complexity index is 214. The Kier molecular flexibility index (Phi) is 4.14. The molecule has 1 rings (SSSR count). The molecule has 0 saturated heterocycles. The summed E-state index contributed by atoms with van der Waals surface area (Å²) < 4.78 is 0. The first-order valence-corrected chi connectivity index (χ1v) is 5.97. The van der Waals surface area contributed by atoms with E-state index in [-0.39, 0.29) is 11.3 Å². The van der Waals surface area contributed by atoms with E-state index in [9.17, 15) is 4.79 Å². The minimum atomic E-state index is -0.403. The minimum absolute atomic E-state index is 0.00870. The van der Waals surface area contributed by atoms with Gasteiger partial charge in [0.15, 0.2) is 0 Å². The molecule has 0 radical (unpaired) electrons. The third-order valence-corrected chi connectivity index (χ3v) is 3.17. The van der Waals surface area contributed by atoms with E-state index in [1.807, 2.05) is 20.8 Å². The van der Waals surface area contributed by atoms with Gasteiger partial charge < -0.3 is 11.1 Å². The zero-order valence-electron chi connectivity index (χ0n) is 10.2. The van der Waals surface area contributed by atoms with E-state index in [4.69, 9.17) is 5.73 Å². The fourth-order valence-corrected chi connectivity index (χ4v) is 1.93. The predicted molar refractivity (Wildman–Crippen MR) is 62.4 cm³/mol. The van der Waals surface area contributed by atoms with Gasteiger partial charge in [-0.25, -0.2) is 0 Å². The number of nitrogens with one attached hydrogen (secondary N) is 1. The fraction of sp³-hybridized carbons (Fsp3) is 0.917. The zero-order chi connectivity index (χ0) is 11.5. The Morgan fingerprint density at radius 1 is 1.27 bits per heavy atom. The summed E-state index contributed by atoms with van der Waals surface area (Å²) >= 11 is 0. The Morgan fingerprint density at radius 3 is 2.27 bits per heavy atom. The maximum absolute atomic E-state index is 11.8. The average Bonchev–Trinajstić information content (AvgIpc) is 2.16. The van der Waals surface area contributed by atoms with Gasteiger partial charge in [0.2, 0.25) is 5.91 Å². The molecule has 0 aromatic carbocycles. The first kappa shape index (κ1) is 12.5. The van der Waals surface area contributed by atoms with Gasteiger partial charge in [-0.15, -0.1) is 0 Å². The second-order valence-corrected chi connectivity index (χ2v) is 5.69. The largest absolute Gasteiger partial charge is 0.352 e. The Hall–Kier alpha value is -0.570. The van der Waals surface area contributed by atoms with Gasteiger partial charge in [0, 0.05) is 6.04 Å². The van der Waals surface area contributed by atoms with E-state index in [0.29, 0.717) is 6.04 Å². The van der Waals surface area contributed by atoms with Crippen LogP contribution in [0.3, 0.4) is 0 Å². The highest BCUT2D eigenvalue weighted by Gasteiger charge is 2.28. The van der Waals surface area contributed by atoms with Crippen LogP contribution in [0.2, 0.25) is 0 Å². The van der Waals surface area contributed by atoms with Crippen LogP contribution < -0.4 is 11.1 Å². The van der Waals surface area contributed by atoms with Crippen molar-refractivity contribution < 1.29 is 4.79 Å². The third kappa shape index (κ3) is 3.82. The summed E-state index contributed by atoms with van der Waals surface area (Å²) in [4.78, 5) is 11.8. The van der Waals surface area contributed by atoms with Crippen molar-refractivity contribution in [1.82, 2.24) is 5.32 Å². The molecule has 0 aliphatic heterocycles. The van der Waals surface area contributed by atoms with Crippen LogP contribution in [0.15, 0.2) is 0 Å². The predicted octanol–water partition coefficient (Wildman–Crippen LogP) is 1.81. The third-order valence-electron chi connectivity index (χ3n) is 3.17. The molecule has 0 aromatic heterocycles. The highest BCUT2D eigenvalue weighted by atomic mass is 16.2. The van der Waals surface area contributed by atoms with E-state index < -0.39 is 6.04 Å². The Labute approximate surface area is 92.8 Å². The Balaban J connectivity index is 2.40. The van der Waals surface area contributed by atoms with Crippen LogP contribution >= 0.6 is 0 Å². The summed E-state index contributed by atoms with van der Waals surface area (Å²) in [6.45, 7) is 5.99. The van der Waals surface area contributed by atoms with Crippen LogP contribution in [0.5, 0.6) is 0 Å². The average molecular weight is 212 g/mol. The summed E-state index contributed by atoms with van der Waals surface area (Å²) in [5.74, 6) is 0.00870. The molecule has 1 saturated carbocycles. The van der Waals surface area contributed by atoms with Crippen LogP contribution in [-0.2, 0) is 4.79 Å². The highest BCUT2D eigenvalue weighted by molar-refractivity contribution is 5.82. The van der Waals surface area contributed by atoms with Crippen LogP contribution in [0.4, 0.5) is 0 Å². The highest BCUT2D eigenvalue weighted by Crippen LogP contribution is 2.20. The summed E-state index contributed by atoms with van der Waals surface area (Å²) in [6, 6.07) is -0.0425. The first-order valence-electron chi connectivity index (χ1n) is 5.97. The van der Waals surface area contributed by atoms with Crippen molar-refractivity contribution in [2.75, 3.05) is 0 Å². The van der Waals surface area contributed by atoms with Crippen molar-refractivity contribution >= 4 is 5.91 Å². The molecule has 1 aliphatic rings. The van der Waals surface area contributed by atoms with Crippen molar-refractivity contribution in [1.29, 1.82) is 0 Å². The molecule has 3 N–H and O–H groups in total. The molecule has 0 aromatic rings. The number of amides is 1. The molecule has 3 nitrogen and oxygen atoms in total. The second-order valence-electron chi connectivity index (χ2n) is 5.69. The smallest absolute Gasteiger partial charge is 0.237 e. The normalized spacial score (nSPS) is 21.1. The standard InChI is InChI=1S/C12H24N2O/c1-12(2,3)10(13)11(15)14-9-7-5-4-6-8-9/h9-10H,4-8,13H2,1-3H3,(H,14,15)/t10-/m1/s1. The van der Waals surface area contributed by atoms with Gasteiger partial charge in [-0.2, -0.15) is 0 Å². The van der Waals surface area contributed by atoms with E-state index in [1.54, 1.807) is 0 Å². The Morgan fingerprint density at radius 2 is 1.80 bits per heavy atom. The summed E-state index contributed by atoms with van der Waals surface area (Å²) in [5, 5.41) is 3.06. The van der Waals surface area contributed by atoms with E-state index in [1.165, 1.54) is 19.3 Å². The van der Waals surface area contributed by atoms with E-state index >= 15 is 0 Å². The number of carbonyl (C=O) groups is 1. The van der Waals surface area contributed by atoms with Gasteiger partial charge >= 0.3 is 0 Å². The maximum atomic E-state index is 11.8. The number of rotatable bonds is 2. The number of hydrogen-bond acceptors (Lipinski definition) is 2. The second kappa shape index (κ2) is 4.97. The molecule has 1 amide bonds. The molecule has 3 heteroatoms. The van der Waals surface area contributed by atoms with Crippen LogP contribution in [0.25, 0.3) is 0 Å². The maximum Gasteiger partial charge on any atom is 0.237 e. The monoisotopic (exact) mass is 212 g/mol. The molecule has 88 valence electrons. The number of carbonyl (C=O) groups excluding carboxylic acids is 1. The molecule has 0 spiro atoms. The first-order chi connectivity index (χ1) is 6.91. The van der Waals surface area contributed by atoms with Gasteiger partial charge in [0.25, 0.3) is 0 Å². The van der Waals surface area contributed by atoms with Gasteiger partial charge in [-0.05, 0) is 18.3 Å². The van der Waals surface area contributed by atoms with Crippen LogP contribution in [0.1, 0.15) is 52.9 Å². The zero-order valence-corrected chi connectivity index (χ0v) is 10.2. The molecule has 1 aliphatic carbocycles. The van der Waals surface area contributed by atoms with Gasteiger partial charge in [0.1, 0.15) is 0 Å². The quantitative estimate of drug-likeness (QED) is 0.733. The molecular formula is C12H24N2O. The van der Waals surface area contributed by atoms with Gasteiger partial charge in [0.05, 0.1) is 6.04 Å². The molecule has 0 bridgehead atoms. The number of hydrogen-bond donors (Lipinski definition) is 2. The summed E-state index contributed by atoms with van der Waals surface area (Å²) in [5.41, 5.74) is 5.75. The number of nitrogens with two attached hydrogens (primary N) is 1. The lowest BCUT2D eigenvalue weighted by molar-refractivity contribution is -0.125. The molecule has 0 heterocycles. The summed E-state index contributed by atoms with van der Waals surface area (Å²) in [6.07, 6.45) is 5.99. The van der Waals surface area contributed by atoms with Gasteiger partial charge in [-0.3, -0.25) is 4.79 Å². The SMILES string of the molecule is CC(C)(C)[C@H](N)C(=O)NC1CCCCC1. The lowest BCUT2D eigenvalue weighted by Crippen LogP contribution is -2.51. The molecule has 1 atom stereocenters. The summed E-state index contributed by atoms with van der Waals surface area (Å²) in [7, 11) is 0. The molecule has 1 fully saturated rings. The van der Waals surface area contributed by atoms with Crippen molar-refractivity contribution in [3.63, 3.8) is 0 Å². The van der Waals surface area contributed by atoms with Crippen molar-refractivity contribution in [2.24, 2.45) is 11.1 Å². The molecule has 0 unspecified atom stereocenters. The lowest BCUT2D eigenvalue weighted by Gasteiger charge is -2.29. The van der Waals surface area contributed by atoms with Gasteiger partial charge in [-0.1, -0.05) is 40.0 Å². The molecular weight excluding hydrogens is 188 g/mol. The van der Waals surface area contributed by atoms with E-state index in [0.717, 1.165) is 12.8 Å². The van der Waals surface area contributed by atoms with Crippen LogP contribution in [0, 0.1) is 5.41 Å². The van der Waals surface area contributed by atoms with Crippen LogP contribution in [-0.4, -0.2) is 18.0 Å². The van der Waals surface area contributed by atoms with E-state index in [2.05, 4.69) is 5.32 Å². The van der Waals surface area contributed by atoms with Crippen molar-refractivity contribution in [3.05, 3.63) is 0 Å². The minimum Gasteiger partial charge on any atom is -0.352 e. The fourth-order valence-electron chi connectivity index (χ4n) is 1.93. The molecule has 15 heavy (non-hydrogen) atoms. The lowest BCUT2D eigenvalue weighted by atomic mass is 9.86. The van der Waals surface area contributed by atoms with Crippen molar-refractivity contribution in [3.8, 4) is 0 Å².